The summed E-state index contributed by atoms with van der Waals surface area (Å²) < 4.78 is 4.68. The van der Waals surface area contributed by atoms with E-state index in [0.29, 0.717) is 5.89 Å². The first kappa shape index (κ1) is 9.70. The summed E-state index contributed by atoms with van der Waals surface area (Å²) in [6.45, 7) is 7.30. The molecule has 0 saturated carbocycles. The summed E-state index contributed by atoms with van der Waals surface area (Å²) in [7, 11) is 0. The standard InChI is InChI=1S/C8H13N3O2/c1-5-9-6(11-13-5)7(12)10-8(2,3)4/h1-4H3,(H,10,12). The maximum atomic E-state index is 11.4. The summed E-state index contributed by atoms with van der Waals surface area (Å²) in [5, 5.41) is 6.23. The number of amides is 1. The molecule has 0 saturated heterocycles. The van der Waals surface area contributed by atoms with E-state index >= 15 is 0 Å². The first-order chi connectivity index (χ1) is 5.88. The molecule has 1 aromatic rings. The van der Waals surface area contributed by atoms with Crippen LogP contribution in [0.15, 0.2) is 4.52 Å². The van der Waals surface area contributed by atoms with Crippen LogP contribution in [-0.4, -0.2) is 21.6 Å². The summed E-state index contributed by atoms with van der Waals surface area (Å²) >= 11 is 0. The van der Waals surface area contributed by atoms with E-state index in [1.807, 2.05) is 20.8 Å². The maximum Gasteiger partial charge on any atom is 0.293 e. The molecule has 1 heterocycles. The fraction of sp³-hybridized carbons (Fsp3) is 0.625. The van der Waals surface area contributed by atoms with Crippen molar-refractivity contribution < 1.29 is 9.32 Å². The molecular weight excluding hydrogens is 170 g/mol. The molecule has 1 aromatic heterocycles. The molecule has 0 aliphatic carbocycles. The highest BCUT2D eigenvalue weighted by molar-refractivity contribution is 5.90. The molecule has 0 aliphatic heterocycles. The minimum absolute atomic E-state index is 0.0763. The number of aromatic nitrogens is 2. The number of aryl methyl sites for hydroxylation is 1. The van der Waals surface area contributed by atoms with Gasteiger partial charge in [-0.15, -0.1) is 0 Å². The van der Waals surface area contributed by atoms with E-state index in [1.165, 1.54) is 0 Å². The van der Waals surface area contributed by atoms with Crippen molar-refractivity contribution in [2.24, 2.45) is 0 Å². The van der Waals surface area contributed by atoms with Gasteiger partial charge in [-0.2, -0.15) is 4.98 Å². The Morgan fingerprint density at radius 3 is 2.46 bits per heavy atom. The quantitative estimate of drug-likeness (QED) is 0.702. The maximum absolute atomic E-state index is 11.4. The van der Waals surface area contributed by atoms with Crippen molar-refractivity contribution in [3.8, 4) is 0 Å². The van der Waals surface area contributed by atoms with Crippen LogP contribution in [0.25, 0.3) is 0 Å². The van der Waals surface area contributed by atoms with Crippen LogP contribution in [0.1, 0.15) is 37.3 Å². The van der Waals surface area contributed by atoms with Crippen molar-refractivity contribution in [3.05, 3.63) is 11.7 Å². The molecule has 0 fully saturated rings. The molecule has 0 spiro atoms. The third kappa shape index (κ3) is 2.85. The molecule has 0 atom stereocenters. The summed E-state index contributed by atoms with van der Waals surface area (Å²) in [6.07, 6.45) is 0. The van der Waals surface area contributed by atoms with Gasteiger partial charge in [-0.3, -0.25) is 4.79 Å². The lowest BCUT2D eigenvalue weighted by Crippen LogP contribution is -2.41. The minimum Gasteiger partial charge on any atom is -0.345 e. The van der Waals surface area contributed by atoms with E-state index in [-0.39, 0.29) is 17.3 Å². The molecule has 72 valence electrons. The van der Waals surface area contributed by atoms with E-state index < -0.39 is 0 Å². The van der Waals surface area contributed by atoms with Crippen molar-refractivity contribution in [2.75, 3.05) is 0 Å². The van der Waals surface area contributed by atoms with Gasteiger partial charge >= 0.3 is 0 Å². The Morgan fingerprint density at radius 2 is 2.08 bits per heavy atom. The number of rotatable bonds is 1. The molecule has 0 aliphatic rings. The van der Waals surface area contributed by atoms with Crippen LogP contribution in [0, 0.1) is 6.92 Å². The zero-order valence-corrected chi connectivity index (χ0v) is 8.21. The highest BCUT2D eigenvalue weighted by Crippen LogP contribution is 2.01. The van der Waals surface area contributed by atoms with Gasteiger partial charge < -0.3 is 9.84 Å². The van der Waals surface area contributed by atoms with E-state index in [2.05, 4.69) is 20.0 Å². The Bertz CT molecular complexity index is 311. The van der Waals surface area contributed by atoms with Crippen molar-refractivity contribution in [1.82, 2.24) is 15.5 Å². The molecule has 1 rings (SSSR count). The second-order valence-corrected chi connectivity index (χ2v) is 3.84. The van der Waals surface area contributed by atoms with Crippen molar-refractivity contribution in [3.63, 3.8) is 0 Å². The van der Waals surface area contributed by atoms with Gasteiger partial charge in [-0.1, -0.05) is 5.16 Å². The van der Waals surface area contributed by atoms with E-state index in [0.717, 1.165) is 0 Å². The van der Waals surface area contributed by atoms with Crippen LogP contribution in [0.2, 0.25) is 0 Å². The zero-order chi connectivity index (χ0) is 10.1. The Morgan fingerprint density at radius 1 is 1.46 bits per heavy atom. The molecule has 5 heteroatoms. The average Bonchev–Trinajstić information content (AvgIpc) is 2.31. The Kier molecular flexibility index (Phi) is 2.36. The van der Waals surface area contributed by atoms with Crippen LogP contribution in [0.3, 0.4) is 0 Å². The number of carbonyl (C=O) groups excluding carboxylic acids is 1. The largest absolute Gasteiger partial charge is 0.345 e. The second-order valence-electron chi connectivity index (χ2n) is 3.84. The zero-order valence-electron chi connectivity index (χ0n) is 8.21. The fourth-order valence-electron chi connectivity index (χ4n) is 0.788. The number of carbonyl (C=O) groups is 1. The van der Waals surface area contributed by atoms with Crippen LogP contribution < -0.4 is 5.32 Å². The lowest BCUT2D eigenvalue weighted by molar-refractivity contribution is 0.0906. The van der Waals surface area contributed by atoms with Crippen LogP contribution in [0.4, 0.5) is 0 Å². The van der Waals surface area contributed by atoms with E-state index in [9.17, 15) is 4.79 Å². The van der Waals surface area contributed by atoms with Crippen LogP contribution in [0.5, 0.6) is 0 Å². The SMILES string of the molecule is Cc1nc(C(=O)NC(C)(C)C)no1. The van der Waals surface area contributed by atoms with Crippen molar-refractivity contribution >= 4 is 5.91 Å². The Labute approximate surface area is 76.5 Å². The lowest BCUT2D eigenvalue weighted by Gasteiger charge is -2.18. The predicted octanol–water partition coefficient (Wildman–Crippen LogP) is 0.906. The normalized spacial score (nSPS) is 11.4. The molecule has 0 radical (unpaired) electrons. The van der Waals surface area contributed by atoms with Crippen LogP contribution in [-0.2, 0) is 0 Å². The van der Waals surface area contributed by atoms with E-state index in [4.69, 9.17) is 0 Å². The third-order valence-electron chi connectivity index (χ3n) is 1.22. The van der Waals surface area contributed by atoms with Gasteiger partial charge in [0.05, 0.1) is 0 Å². The summed E-state index contributed by atoms with van der Waals surface area (Å²) in [5.41, 5.74) is -0.286. The Hall–Kier alpha value is -1.39. The first-order valence-electron chi connectivity index (χ1n) is 4.01. The Balaban J connectivity index is 2.70. The molecule has 0 bridgehead atoms. The van der Waals surface area contributed by atoms with Gasteiger partial charge in [-0.25, -0.2) is 0 Å². The molecule has 13 heavy (non-hydrogen) atoms. The lowest BCUT2D eigenvalue weighted by atomic mass is 10.1. The van der Waals surface area contributed by atoms with Gasteiger partial charge in [0.15, 0.2) is 0 Å². The van der Waals surface area contributed by atoms with Crippen LogP contribution >= 0.6 is 0 Å². The predicted molar refractivity (Wildman–Crippen MR) is 46.3 cm³/mol. The molecular formula is C8H13N3O2. The summed E-state index contributed by atoms with van der Waals surface area (Å²) in [5.74, 6) is 0.149. The first-order valence-corrected chi connectivity index (χ1v) is 4.01. The minimum atomic E-state index is -0.315. The van der Waals surface area contributed by atoms with Gasteiger partial charge in [-0.05, 0) is 20.8 Å². The average molecular weight is 183 g/mol. The number of nitrogens with one attached hydrogen (secondary N) is 1. The smallest absolute Gasteiger partial charge is 0.293 e. The highest BCUT2D eigenvalue weighted by atomic mass is 16.5. The van der Waals surface area contributed by atoms with Gasteiger partial charge in [0.1, 0.15) is 0 Å². The van der Waals surface area contributed by atoms with E-state index in [1.54, 1.807) is 6.92 Å². The van der Waals surface area contributed by atoms with Crippen molar-refractivity contribution in [1.29, 1.82) is 0 Å². The molecule has 0 unspecified atom stereocenters. The number of nitrogens with zero attached hydrogens (tertiary/aromatic N) is 2. The monoisotopic (exact) mass is 183 g/mol. The molecule has 5 nitrogen and oxygen atoms in total. The van der Waals surface area contributed by atoms with Crippen molar-refractivity contribution in [2.45, 2.75) is 33.2 Å². The number of hydrogen-bond donors (Lipinski definition) is 1. The second kappa shape index (κ2) is 3.16. The van der Waals surface area contributed by atoms with Gasteiger partial charge in [0, 0.05) is 12.5 Å². The van der Waals surface area contributed by atoms with Gasteiger partial charge in [0.25, 0.3) is 11.7 Å². The summed E-state index contributed by atoms with van der Waals surface area (Å²) in [6, 6.07) is 0. The topological polar surface area (TPSA) is 68.0 Å². The fourth-order valence-corrected chi connectivity index (χ4v) is 0.788. The highest BCUT2D eigenvalue weighted by Gasteiger charge is 2.18. The molecule has 1 N–H and O–H groups in total. The summed E-state index contributed by atoms with van der Waals surface area (Å²) in [4.78, 5) is 15.2. The van der Waals surface area contributed by atoms with Gasteiger partial charge in [0.2, 0.25) is 5.89 Å². The third-order valence-corrected chi connectivity index (χ3v) is 1.22. The number of hydrogen-bond acceptors (Lipinski definition) is 4. The molecule has 0 aromatic carbocycles. The molecule has 1 amide bonds.